The molecular weight excluding hydrogens is 212 g/mol. The molecule has 3 heteroatoms. The Morgan fingerprint density at radius 2 is 2.12 bits per heavy atom. The van der Waals surface area contributed by atoms with E-state index in [1.165, 1.54) is 12.8 Å². The minimum atomic E-state index is -0.420. The normalized spacial score (nSPS) is 17.2. The van der Waals surface area contributed by atoms with Crippen LogP contribution in [0.1, 0.15) is 45.3 Å². The van der Waals surface area contributed by atoms with E-state index < -0.39 is 6.10 Å². The molecule has 1 N–H and O–H groups in total. The smallest absolute Gasteiger partial charge is 0.129 e. The molecule has 1 aliphatic rings. The zero-order chi connectivity index (χ0) is 12.4. The average Bonchev–Trinajstić information content (AvgIpc) is 3.09. The first-order chi connectivity index (χ1) is 8.08. The molecule has 3 nitrogen and oxygen atoms in total. The van der Waals surface area contributed by atoms with Gasteiger partial charge in [-0.3, -0.25) is 0 Å². The van der Waals surface area contributed by atoms with Crippen LogP contribution >= 0.6 is 0 Å². The quantitative estimate of drug-likeness (QED) is 0.851. The number of aromatic nitrogens is 1. The number of hydrogen-bond acceptors (Lipinski definition) is 3. The lowest BCUT2D eigenvalue weighted by Gasteiger charge is -2.26. The van der Waals surface area contributed by atoms with Gasteiger partial charge in [0.1, 0.15) is 5.82 Å². The first kappa shape index (κ1) is 12.4. The largest absolute Gasteiger partial charge is 0.389 e. The highest BCUT2D eigenvalue weighted by molar-refractivity contribution is 5.44. The van der Waals surface area contributed by atoms with E-state index in [-0.39, 0.29) is 0 Å². The summed E-state index contributed by atoms with van der Waals surface area (Å²) < 4.78 is 0. The van der Waals surface area contributed by atoms with Gasteiger partial charge < -0.3 is 10.0 Å². The average molecular weight is 234 g/mol. The highest BCUT2D eigenvalue weighted by atomic mass is 16.3. The molecule has 1 aromatic rings. The molecule has 0 bridgehead atoms. The second kappa shape index (κ2) is 5.05. The Morgan fingerprint density at radius 3 is 2.65 bits per heavy atom. The number of aliphatic hydroxyl groups excluding tert-OH is 1. The number of nitrogens with zero attached hydrogens (tertiary/aromatic N) is 2. The van der Waals surface area contributed by atoms with Gasteiger partial charge >= 0.3 is 0 Å². The topological polar surface area (TPSA) is 36.4 Å². The molecule has 1 aliphatic carbocycles. The van der Waals surface area contributed by atoms with Crippen molar-refractivity contribution in [3.63, 3.8) is 0 Å². The van der Waals surface area contributed by atoms with Crippen molar-refractivity contribution in [1.82, 2.24) is 4.98 Å². The summed E-state index contributed by atoms with van der Waals surface area (Å²) >= 11 is 0. The molecule has 1 heterocycles. The van der Waals surface area contributed by atoms with Gasteiger partial charge in [0.2, 0.25) is 0 Å². The summed E-state index contributed by atoms with van der Waals surface area (Å²) in [5, 5.41) is 9.62. The lowest BCUT2D eigenvalue weighted by Crippen LogP contribution is -2.30. The van der Waals surface area contributed by atoms with Crippen LogP contribution in [0.4, 0.5) is 5.82 Å². The summed E-state index contributed by atoms with van der Waals surface area (Å²) in [4.78, 5) is 6.84. The van der Waals surface area contributed by atoms with Crippen LogP contribution in [-0.2, 0) is 0 Å². The number of rotatable bonds is 5. The molecule has 94 valence electrons. The summed E-state index contributed by atoms with van der Waals surface area (Å²) in [6.07, 6.45) is 3.92. The van der Waals surface area contributed by atoms with Gasteiger partial charge in [-0.2, -0.15) is 0 Å². The molecule has 0 radical (unpaired) electrons. The van der Waals surface area contributed by atoms with E-state index in [0.29, 0.717) is 12.0 Å². The van der Waals surface area contributed by atoms with Gasteiger partial charge in [0.25, 0.3) is 0 Å². The van der Waals surface area contributed by atoms with E-state index >= 15 is 0 Å². The van der Waals surface area contributed by atoms with Crippen molar-refractivity contribution < 1.29 is 5.11 Å². The summed E-state index contributed by atoms with van der Waals surface area (Å²) in [7, 11) is 0. The molecule has 2 rings (SSSR count). The van der Waals surface area contributed by atoms with Crippen LogP contribution in [0, 0.1) is 5.92 Å². The number of anilines is 1. The summed E-state index contributed by atoms with van der Waals surface area (Å²) in [5.74, 6) is 1.65. The van der Waals surface area contributed by atoms with E-state index in [2.05, 4.69) is 23.7 Å². The molecule has 17 heavy (non-hydrogen) atoms. The molecule has 0 saturated heterocycles. The standard InChI is InChI=1S/C14H22N2O/c1-10(2)9-16(13-4-5-13)14-8-12(11(3)17)6-7-15-14/h6-8,10-11,13,17H,4-5,9H2,1-3H3/t11-/m0/s1. The fourth-order valence-electron chi connectivity index (χ4n) is 2.06. The molecular formula is C14H22N2O. The molecule has 1 saturated carbocycles. The van der Waals surface area contributed by atoms with Gasteiger partial charge in [0.05, 0.1) is 6.10 Å². The van der Waals surface area contributed by atoms with Crippen LogP contribution in [0.3, 0.4) is 0 Å². The van der Waals surface area contributed by atoms with Gasteiger partial charge in [0, 0.05) is 18.8 Å². The third kappa shape index (κ3) is 3.19. The van der Waals surface area contributed by atoms with Gasteiger partial charge in [-0.25, -0.2) is 4.98 Å². The third-order valence-electron chi connectivity index (χ3n) is 3.10. The highest BCUT2D eigenvalue weighted by Gasteiger charge is 2.30. The zero-order valence-corrected chi connectivity index (χ0v) is 10.9. The van der Waals surface area contributed by atoms with Crippen molar-refractivity contribution in [2.24, 2.45) is 5.92 Å². The van der Waals surface area contributed by atoms with Crippen molar-refractivity contribution in [3.05, 3.63) is 23.9 Å². The van der Waals surface area contributed by atoms with E-state index in [9.17, 15) is 5.11 Å². The van der Waals surface area contributed by atoms with E-state index in [0.717, 1.165) is 17.9 Å². The minimum Gasteiger partial charge on any atom is -0.389 e. The maximum Gasteiger partial charge on any atom is 0.129 e. The van der Waals surface area contributed by atoms with Crippen molar-refractivity contribution in [3.8, 4) is 0 Å². The van der Waals surface area contributed by atoms with Crippen molar-refractivity contribution in [1.29, 1.82) is 0 Å². The fraction of sp³-hybridized carbons (Fsp3) is 0.643. The second-order valence-corrected chi connectivity index (χ2v) is 5.40. The number of pyridine rings is 1. The Labute approximate surface area is 103 Å². The van der Waals surface area contributed by atoms with Crippen LogP contribution in [0.5, 0.6) is 0 Å². The lowest BCUT2D eigenvalue weighted by atomic mass is 10.1. The summed E-state index contributed by atoms with van der Waals surface area (Å²) in [5.41, 5.74) is 0.949. The maximum atomic E-state index is 9.62. The predicted octanol–water partition coefficient (Wildman–Crippen LogP) is 2.76. The van der Waals surface area contributed by atoms with Gasteiger partial charge in [-0.05, 0) is 43.4 Å². The molecule has 1 aromatic heterocycles. The van der Waals surface area contributed by atoms with Gasteiger partial charge in [-0.1, -0.05) is 13.8 Å². The molecule has 0 spiro atoms. The van der Waals surface area contributed by atoms with Crippen molar-refractivity contribution in [2.45, 2.75) is 45.8 Å². The van der Waals surface area contributed by atoms with Gasteiger partial charge in [0.15, 0.2) is 0 Å². The Kier molecular flexibility index (Phi) is 3.67. The Balaban J connectivity index is 2.19. The lowest BCUT2D eigenvalue weighted by molar-refractivity contribution is 0.199. The maximum absolute atomic E-state index is 9.62. The first-order valence-electron chi connectivity index (χ1n) is 6.48. The van der Waals surface area contributed by atoms with E-state index in [1.807, 2.05) is 12.1 Å². The number of aliphatic hydroxyl groups is 1. The van der Waals surface area contributed by atoms with Crippen LogP contribution < -0.4 is 4.90 Å². The molecule has 0 amide bonds. The summed E-state index contributed by atoms with van der Waals surface area (Å²) in [6.45, 7) is 7.30. The Morgan fingerprint density at radius 1 is 1.41 bits per heavy atom. The highest BCUT2D eigenvalue weighted by Crippen LogP contribution is 2.32. The predicted molar refractivity (Wildman–Crippen MR) is 70.1 cm³/mol. The van der Waals surface area contributed by atoms with Gasteiger partial charge in [-0.15, -0.1) is 0 Å². The van der Waals surface area contributed by atoms with Crippen molar-refractivity contribution >= 4 is 5.82 Å². The summed E-state index contributed by atoms with van der Waals surface area (Å²) in [6, 6.07) is 4.56. The van der Waals surface area contributed by atoms with Crippen LogP contribution in [0.15, 0.2) is 18.3 Å². The SMILES string of the molecule is CC(C)CN(c1cc([C@H](C)O)ccn1)C1CC1. The van der Waals surface area contributed by atoms with Crippen molar-refractivity contribution in [2.75, 3.05) is 11.4 Å². The minimum absolute atomic E-state index is 0.420. The number of hydrogen-bond donors (Lipinski definition) is 1. The van der Waals surface area contributed by atoms with Crippen LogP contribution in [-0.4, -0.2) is 22.7 Å². The zero-order valence-electron chi connectivity index (χ0n) is 10.9. The van der Waals surface area contributed by atoms with E-state index in [1.54, 1.807) is 13.1 Å². The molecule has 0 aromatic carbocycles. The molecule has 0 unspecified atom stereocenters. The van der Waals surface area contributed by atoms with Crippen LogP contribution in [0.2, 0.25) is 0 Å². The molecule has 0 aliphatic heterocycles. The molecule has 1 atom stereocenters. The fourth-order valence-corrected chi connectivity index (χ4v) is 2.06. The monoisotopic (exact) mass is 234 g/mol. The third-order valence-corrected chi connectivity index (χ3v) is 3.10. The molecule has 1 fully saturated rings. The van der Waals surface area contributed by atoms with E-state index in [4.69, 9.17) is 0 Å². The van der Waals surface area contributed by atoms with Crippen LogP contribution in [0.25, 0.3) is 0 Å². The Bertz CT molecular complexity index is 372. The second-order valence-electron chi connectivity index (χ2n) is 5.40. The Hall–Kier alpha value is -1.09. The first-order valence-corrected chi connectivity index (χ1v) is 6.48.